The molecule has 2 amide bonds. The lowest BCUT2D eigenvalue weighted by atomic mass is 10.1. The highest BCUT2D eigenvalue weighted by Gasteiger charge is 2.34. The third-order valence-corrected chi connectivity index (χ3v) is 3.23. The van der Waals surface area contributed by atoms with Crippen molar-refractivity contribution in [1.82, 2.24) is 5.32 Å². The van der Waals surface area contributed by atoms with Crippen molar-refractivity contribution in [2.45, 2.75) is 13.3 Å². The van der Waals surface area contributed by atoms with Crippen molar-refractivity contribution in [3.05, 3.63) is 42.5 Å². The molecule has 1 aliphatic rings. The van der Waals surface area contributed by atoms with Gasteiger partial charge in [-0.05, 0) is 24.6 Å². The van der Waals surface area contributed by atoms with Crippen LogP contribution < -0.4 is 10.2 Å². The first-order chi connectivity index (χ1) is 9.11. The van der Waals surface area contributed by atoms with Crippen LogP contribution in [-0.2, 0) is 9.59 Å². The first-order valence-corrected chi connectivity index (χ1v) is 6.37. The van der Waals surface area contributed by atoms with Crippen molar-refractivity contribution in [3.63, 3.8) is 0 Å². The van der Waals surface area contributed by atoms with Crippen LogP contribution in [0.2, 0.25) is 0 Å². The summed E-state index contributed by atoms with van der Waals surface area (Å²) in [5, 5.41) is 2.74. The fourth-order valence-corrected chi connectivity index (χ4v) is 2.25. The van der Waals surface area contributed by atoms with E-state index < -0.39 is 0 Å². The molecule has 0 aliphatic carbocycles. The molecule has 0 radical (unpaired) electrons. The van der Waals surface area contributed by atoms with Gasteiger partial charge < -0.3 is 10.2 Å². The zero-order valence-electron chi connectivity index (χ0n) is 11.1. The number of nitrogens with zero attached hydrogens (tertiary/aromatic N) is 1. The predicted octanol–water partition coefficient (Wildman–Crippen LogP) is 1.65. The average Bonchev–Trinajstić information content (AvgIpc) is 2.78. The Labute approximate surface area is 113 Å². The number of carbonyl (C=O) groups excluding carboxylic acids is 2. The summed E-state index contributed by atoms with van der Waals surface area (Å²) in [5.74, 6) is -0.347. The quantitative estimate of drug-likeness (QED) is 0.835. The Morgan fingerprint density at radius 3 is 3.05 bits per heavy atom. The van der Waals surface area contributed by atoms with Crippen molar-refractivity contribution < 1.29 is 9.59 Å². The summed E-state index contributed by atoms with van der Waals surface area (Å²) in [5.41, 5.74) is 1.97. The summed E-state index contributed by atoms with van der Waals surface area (Å²) in [6, 6.07) is 7.76. The molecular weight excluding hydrogens is 240 g/mol. The highest BCUT2D eigenvalue weighted by atomic mass is 16.2. The maximum atomic E-state index is 12.0. The maximum Gasteiger partial charge on any atom is 0.227 e. The molecule has 4 nitrogen and oxygen atoms in total. The fourth-order valence-electron chi connectivity index (χ4n) is 2.25. The molecule has 1 heterocycles. The van der Waals surface area contributed by atoms with E-state index in [1.54, 1.807) is 11.0 Å². The van der Waals surface area contributed by atoms with Crippen molar-refractivity contribution in [1.29, 1.82) is 0 Å². The molecule has 1 aliphatic heterocycles. The fraction of sp³-hybridized carbons (Fsp3) is 0.333. The van der Waals surface area contributed by atoms with Gasteiger partial charge in [0.05, 0.1) is 5.92 Å². The molecule has 2 rings (SSSR count). The molecule has 19 heavy (non-hydrogen) atoms. The molecule has 1 aromatic carbocycles. The molecule has 0 saturated carbocycles. The molecular formula is C15H18N2O2. The molecule has 1 aromatic rings. The van der Waals surface area contributed by atoms with E-state index in [0.717, 1.165) is 11.3 Å². The molecule has 1 fully saturated rings. The highest BCUT2D eigenvalue weighted by Crippen LogP contribution is 2.25. The van der Waals surface area contributed by atoms with E-state index in [4.69, 9.17) is 0 Å². The average molecular weight is 258 g/mol. The summed E-state index contributed by atoms with van der Waals surface area (Å²) in [6.07, 6.45) is 1.91. The second kappa shape index (κ2) is 5.69. The van der Waals surface area contributed by atoms with Crippen LogP contribution in [0.15, 0.2) is 36.9 Å². The van der Waals surface area contributed by atoms with Gasteiger partial charge in [0.25, 0.3) is 0 Å². The second-order valence-corrected chi connectivity index (χ2v) is 4.78. The smallest absolute Gasteiger partial charge is 0.227 e. The van der Waals surface area contributed by atoms with Crippen LogP contribution in [0.5, 0.6) is 0 Å². The molecule has 100 valence electrons. The number of nitrogens with one attached hydrogen (secondary N) is 1. The van der Waals surface area contributed by atoms with E-state index in [1.807, 2.05) is 31.2 Å². The molecule has 4 heteroatoms. The standard InChI is InChI=1S/C15H18N2O2/c1-3-7-16-15(19)12-9-14(18)17(10-12)13-6-4-5-11(2)8-13/h3-6,8,12H,1,7,9-10H2,2H3,(H,16,19). The van der Waals surface area contributed by atoms with Gasteiger partial charge in [0.15, 0.2) is 0 Å². The lowest BCUT2D eigenvalue weighted by Gasteiger charge is -2.17. The lowest BCUT2D eigenvalue weighted by Crippen LogP contribution is -2.33. The Bertz CT molecular complexity index is 511. The second-order valence-electron chi connectivity index (χ2n) is 4.78. The first kappa shape index (κ1) is 13.3. The zero-order chi connectivity index (χ0) is 13.8. The molecule has 0 bridgehead atoms. The summed E-state index contributed by atoms with van der Waals surface area (Å²) >= 11 is 0. The molecule has 1 unspecified atom stereocenters. The predicted molar refractivity (Wildman–Crippen MR) is 74.8 cm³/mol. The molecule has 1 N–H and O–H groups in total. The van der Waals surface area contributed by atoms with Gasteiger partial charge >= 0.3 is 0 Å². The number of anilines is 1. The van der Waals surface area contributed by atoms with Crippen LogP contribution >= 0.6 is 0 Å². The Kier molecular flexibility index (Phi) is 4.00. The highest BCUT2D eigenvalue weighted by molar-refractivity contribution is 6.00. The van der Waals surface area contributed by atoms with Crippen LogP contribution in [0.1, 0.15) is 12.0 Å². The van der Waals surface area contributed by atoms with Crippen LogP contribution in [-0.4, -0.2) is 24.9 Å². The number of hydrogen-bond donors (Lipinski definition) is 1. The van der Waals surface area contributed by atoms with Crippen LogP contribution in [0.4, 0.5) is 5.69 Å². The lowest BCUT2D eigenvalue weighted by molar-refractivity contribution is -0.126. The van der Waals surface area contributed by atoms with E-state index in [1.165, 1.54) is 0 Å². The summed E-state index contributed by atoms with van der Waals surface area (Å²) in [6.45, 7) is 6.43. The number of amides is 2. The third-order valence-electron chi connectivity index (χ3n) is 3.23. The van der Waals surface area contributed by atoms with Crippen molar-refractivity contribution in [3.8, 4) is 0 Å². The van der Waals surface area contributed by atoms with Gasteiger partial charge in [0.1, 0.15) is 0 Å². The minimum absolute atomic E-state index is 0.00403. The summed E-state index contributed by atoms with van der Waals surface area (Å²) in [4.78, 5) is 25.5. The van der Waals surface area contributed by atoms with Crippen LogP contribution in [0, 0.1) is 12.8 Å². The number of rotatable bonds is 4. The van der Waals surface area contributed by atoms with Gasteiger partial charge in [0.2, 0.25) is 11.8 Å². The zero-order valence-corrected chi connectivity index (χ0v) is 11.1. The van der Waals surface area contributed by atoms with E-state index in [2.05, 4.69) is 11.9 Å². The van der Waals surface area contributed by atoms with Gasteiger partial charge in [-0.25, -0.2) is 0 Å². The minimum Gasteiger partial charge on any atom is -0.352 e. The minimum atomic E-state index is -0.270. The van der Waals surface area contributed by atoms with Gasteiger partial charge in [-0.15, -0.1) is 6.58 Å². The summed E-state index contributed by atoms with van der Waals surface area (Å²) in [7, 11) is 0. The van der Waals surface area contributed by atoms with Crippen molar-refractivity contribution in [2.75, 3.05) is 18.0 Å². The SMILES string of the molecule is C=CCNC(=O)C1CC(=O)N(c2cccc(C)c2)C1. The molecule has 1 saturated heterocycles. The largest absolute Gasteiger partial charge is 0.352 e. The Morgan fingerprint density at radius 2 is 2.37 bits per heavy atom. The Morgan fingerprint density at radius 1 is 1.58 bits per heavy atom. The van der Waals surface area contributed by atoms with Gasteiger partial charge in [-0.2, -0.15) is 0 Å². The van der Waals surface area contributed by atoms with Crippen LogP contribution in [0.25, 0.3) is 0 Å². The van der Waals surface area contributed by atoms with Gasteiger partial charge in [-0.1, -0.05) is 18.2 Å². The van der Waals surface area contributed by atoms with E-state index >= 15 is 0 Å². The van der Waals surface area contributed by atoms with Gasteiger partial charge in [0, 0.05) is 25.2 Å². The maximum absolute atomic E-state index is 12.0. The number of hydrogen-bond acceptors (Lipinski definition) is 2. The molecule has 0 aromatic heterocycles. The summed E-state index contributed by atoms with van der Waals surface area (Å²) < 4.78 is 0. The van der Waals surface area contributed by atoms with E-state index in [-0.39, 0.29) is 24.2 Å². The molecule has 1 atom stereocenters. The van der Waals surface area contributed by atoms with Crippen molar-refractivity contribution >= 4 is 17.5 Å². The number of carbonyl (C=O) groups is 2. The monoisotopic (exact) mass is 258 g/mol. The van der Waals surface area contributed by atoms with Crippen LogP contribution in [0.3, 0.4) is 0 Å². The number of aryl methyl sites for hydroxylation is 1. The molecule has 0 spiro atoms. The number of benzene rings is 1. The first-order valence-electron chi connectivity index (χ1n) is 6.37. The normalized spacial score (nSPS) is 18.5. The topological polar surface area (TPSA) is 49.4 Å². The van der Waals surface area contributed by atoms with Gasteiger partial charge in [-0.3, -0.25) is 9.59 Å². The Hall–Kier alpha value is -2.10. The Balaban J connectivity index is 2.07. The van der Waals surface area contributed by atoms with Crippen molar-refractivity contribution in [2.24, 2.45) is 5.92 Å². The third kappa shape index (κ3) is 3.02. The van der Waals surface area contributed by atoms with E-state index in [0.29, 0.717) is 13.1 Å². The van der Waals surface area contributed by atoms with E-state index in [9.17, 15) is 9.59 Å².